The third-order valence-corrected chi connectivity index (χ3v) is 10.7. The molecule has 0 aromatic carbocycles. The molecule has 0 saturated heterocycles. The fraction of sp³-hybridized carbons (Fsp3) is 0.917. The minimum Gasteiger partial charge on any atom is -0.459 e. The molecule has 0 amide bonds. The maximum absolute atomic E-state index is 12.7. The zero-order chi connectivity index (χ0) is 22.8. The lowest BCUT2D eigenvalue weighted by molar-refractivity contribution is -0.292. The number of aliphatic imine (C=N–C) groups is 1. The predicted octanol–water partition coefficient (Wildman–Crippen LogP) is 0.964. The van der Waals surface area contributed by atoms with Crippen molar-refractivity contribution in [3.8, 4) is 0 Å². The van der Waals surface area contributed by atoms with Gasteiger partial charge >= 0.3 is 5.97 Å². The summed E-state index contributed by atoms with van der Waals surface area (Å²) in [5.41, 5.74) is -4.20. The standard InChI is InChI=1S/C24H35NO7/c1-11(26)32-19-18-21(2)7-6-15(30-4)23(18)13-8-12-14(29-3)9-22(27,16(13)17(12)31-5)24(19,28)20(23)25-10-21/h10,12-20,27-28H,6-9H2,1-5H3/t12-,13-,14+,15+,16-,17+,18-,19+,20+,21+,22-,23+,24-/m1/s1. The normalized spacial score (nSPS) is 61.0. The minimum absolute atomic E-state index is 0.0143. The lowest BCUT2D eigenvalue weighted by Gasteiger charge is -2.65. The molecule has 6 rings (SSSR count). The van der Waals surface area contributed by atoms with Gasteiger partial charge in [0.1, 0.15) is 11.7 Å². The first kappa shape index (κ1) is 21.5. The zero-order valence-electron chi connectivity index (χ0n) is 19.5. The third-order valence-electron chi connectivity index (χ3n) is 10.7. The number of hydrogen-bond donors (Lipinski definition) is 2. The Labute approximate surface area is 188 Å². The number of ether oxygens (including phenoxy) is 4. The molecule has 178 valence electrons. The van der Waals surface area contributed by atoms with Gasteiger partial charge in [-0.2, -0.15) is 0 Å². The van der Waals surface area contributed by atoms with Crippen LogP contribution in [0.2, 0.25) is 0 Å². The summed E-state index contributed by atoms with van der Waals surface area (Å²) in [6.45, 7) is 3.53. The van der Waals surface area contributed by atoms with Crippen molar-refractivity contribution in [2.24, 2.45) is 39.5 Å². The van der Waals surface area contributed by atoms with Crippen LogP contribution in [0.25, 0.3) is 0 Å². The van der Waals surface area contributed by atoms with Crippen LogP contribution < -0.4 is 0 Å². The molecule has 5 saturated carbocycles. The van der Waals surface area contributed by atoms with Gasteiger partial charge in [-0.25, -0.2) is 0 Å². The van der Waals surface area contributed by atoms with Crippen LogP contribution in [0.1, 0.15) is 39.5 Å². The second kappa shape index (κ2) is 6.33. The quantitative estimate of drug-likeness (QED) is 0.616. The SMILES string of the molecule is CO[C@H]1[C@@H]2C[C@@H]3[C@H]1[C@](O)(C[C@@H]2OC)[C@@]1(O)[C@@H](OC(C)=O)[C@H]2[C@@]34[C@@H](OC)CC[C@@]2(C)C=N[C@@H]41. The van der Waals surface area contributed by atoms with Gasteiger partial charge in [0.2, 0.25) is 0 Å². The van der Waals surface area contributed by atoms with Gasteiger partial charge in [0.15, 0.2) is 5.60 Å². The van der Waals surface area contributed by atoms with Crippen LogP contribution in [-0.2, 0) is 23.7 Å². The van der Waals surface area contributed by atoms with Crippen molar-refractivity contribution in [2.45, 2.75) is 81.2 Å². The van der Waals surface area contributed by atoms with Crippen LogP contribution in [0, 0.1) is 34.5 Å². The number of carbonyl (C=O) groups excluding carboxylic acids is 1. The van der Waals surface area contributed by atoms with E-state index in [4.69, 9.17) is 23.9 Å². The Morgan fingerprint density at radius 2 is 1.91 bits per heavy atom. The van der Waals surface area contributed by atoms with Crippen molar-refractivity contribution in [2.75, 3.05) is 21.3 Å². The Hall–Kier alpha value is -1.06. The summed E-state index contributed by atoms with van der Waals surface area (Å²) < 4.78 is 24.0. The maximum atomic E-state index is 12.7. The minimum atomic E-state index is -1.75. The summed E-state index contributed by atoms with van der Waals surface area (Å²) in [5.74, 6) is -0.813. The molecule has 2 N–H and O–H groups in total. The highest BCUT2D eigenvalue weighted by Gasteiger charge is 2.90. The smallest absolute Gasteiger partial charge is 0.303 e. The number of esters is 1. The first-order chi connectivity index (χ1) is 15.1. The van der Waals surface area contributed by atoms with Crippen LogP contribution in [0.3, 0.4) is 0 Å². The average Bonchev–Trinajstić information content (AvgIpc) is 3.15. The van der Waals surface area contributed by atoms with Crippen molar-refractivity contribution in [3.63, 3.8) is 0 Å². The first-order valence-corrected chi connectivity index (χ1v) is 11.9. The van der Waals surface area contributed by atoms with Crippen LogP contribution in [0.4, 0.5) is 0 Å². The highest BCUT2D eigenvalue weighted by molar-refractivity contribution is 5.72. The van der Waals surface area contributed by atoms with E-state index < -0.39 is 34.7 Å². The van der Waals surface area contributed by atoms with Gasteiger partial charge in [-0.05, 0) is 25.2 Å². The average molecular weight is 450 g/mol. The molecule has 13 atom stereocenters. The van der Waals surface area contributed by atoms with Crippen molar-refractivity contribution < 1.29 is 34.0 Å². The van der Waals surface area contributed by atoms with Crippen molar-refractivity contribution in [1.29, 1.82) is 0 Å². The molecule has 8 heteroatoms. The summed E-state index contributed by atoms with van der Waals surface area (Å²) in [7, 11) is 5.06. The molecule has 6 aliphatic rings. The van der Waals surface area contributed by atoms with Crippen LogP contribution in [0.15, 0.2) is 4.99 Å². The summed E-state index contributed by atoms with van der Waals surface area (Å²) in [5, 5.41) is 25.2. The van der Waals surface area contributed by atoms with Crippen LogP contribution >= 0.6 is 0 Å². The second-order valence-electron chi connectivity index (χ2n) is 11.4. The van der Waals surface area contributed by atoms with E-state index in [1.54, 1.807) is 21.3 Å². The second-order valence-corrected chi connectivity index (χ2v) is 11.4. The number of nitrogens with zero attached hydrogens (tertiary/aromatic N) is 1. The highest BCUT2D eigenvalue weighted by Crippen LogP contribution is 2.79. The topological polar surface area (TPSA) is 107 Å². The molecule has 5 fully saturated rings. The third kappa shape index (κ3) is 1.98. The summed E-state index contributed by atoms with van der Waals surface area (Å²) in [6.07, 6.45) is 3.18. The Morgan fingerprint density at radius 1 is 1.16 bits per heavy atom. The highest BCUT2D eigenvalue weighted by atomic mass is 16.6. The molecule has 0 aromatic rings. The molecule has 0 unspecified atom stereocenters. The number of methoxy groups -OCH3 is 3. The fourth-order valence-corrected chi connectivity index (χ4v) is 9.97. The molecular formula is C24H35NO7. The molecule has 5 aliphatic carbocycles. The Balaban J connectivity index is 1.67. The molecule has 1 heterocycles. The van der Waals surface area contributed by atoms with Crippen molar-refractivity contribution >= 4 is 12.2 Å². The van der Waals surface area contributed by atoms with E-state index in [2.05, 4.69) is 6.92 Å². The summed E-state index contributed by atoms with van der Waals surface area (Å²) in [4.78, 5) is 17.3. The van der Waals surface area contributed by atoms with Gasteiger partial charge in [0, 0.05) is 69.5 Å². The first-order valence-electron chi connectivity index (χ1n) is 11.9. The van der Waals surface area contributed by atoms with Gasteiger partial charge < -0.3 is 29.2 Å². The molecule has 1 spiro atoms. The molecule has 0 aromatic heterocycles. The fourth-order valence-electron chi connectivity index (χ4n) is 9.97. The Morgan fingerprint density at radius 3 is 2.53 bits per heavy atom. The maximum Gasteiger partial charge on any atom is 0.303 e. The van der Waals surface area contributed by atoms with Gasteiger partial charge in [0.25, 0.3) is 0 Å². The van der Waals surface area contributed by atoms with Crippen LogP contribution in [0.5, 0.6) is 0 Å². The van der Waals surface area contributed by atoms with E-state index >= 15 is 0 Å². The van der Waals surface area contributed by atoms with E-state index in [-0.39, 0.29) is 53.8 Å². The van der Waals surface area contributed by atoms with E-state index in [9.17, 15) is 15.0 Å². The molecule has 8 nitrogen and oxygen atoms in total. The molecule has 0 radical (unpaired) electrons. The van der Waals surface area contributed by atoms with E-state index in [1.165, 1.54) is 6.92 Å². The van der Waals surface area contributed by atoms with Gasteiger partial charge in [-0.3, -0.25) is 9.79 Å². The van der Waals surface area contributed by atoms with Gasteiger partial charge in [-0.15, -0.1) is 0 Å². The lowest BCUT2D eigenvalue weighted by atomic mass is 9.44. The number of carbonyl (C=O) groups is 1. The summed E-state index contributed by atoms with van der Waals surface area (Å²) >= 11 is 0. The number of hydrogen-bond acceptors (Lipinski definition) is 8. The van der Waals surface area contributed by atoms with E-state index in [1.807, 2.05) is 6.21 Å². The zero-order valence-corrected chi connectivity index (χ0v) is 19.5. The van der Waals surface area contributed by atoms with Gasteiger partial charge in [-0.1, -0.05) is 6.92 Å². The van der Waals surface area contributed by atoms with Crippen molar-refractivity contribution in [1.82, 2.24) is 0 Å². The monoisotopic (exact) mass is 449 g/mol. The largest absolute Gasteiger partial charge is 0.459 e. The number of aliphatic hydroxyl groups is 2. The van der Waals surface area contributed by atoms with Crippen molar-refractivity contribution in [3.05, 3.63) is 0 Å². The molecule has 32 heavy (non-hydrogen) atoms. The predicted molar refractivity (Wildman–Crippen MR) is 113 cm³/mol. The molecule has 1 aliphatic heterocycles. The van der Waals surface area contributed by atoms with Crippen LogP contribution in [-0.4, -0.2) is 85.4 Å². The number of rotatable bonds is 4. The van der Waals surface area contributed by atoms with E-state index in [0.717, 1.165) is 19.3 Å². The molecular weight excluding hydrogens is 414 g/mol. The number of fused-ring (bicyclic) bond motifs is 2. The lowest BCUT2D eigenvalue weighted by Crippen LogP contribution is -2.77. The van der Waals surface area contributed by atoms with Gasteiger partial charge in [0.05, 0.1) is 24.4 Å². The summed E-state index contributed by atoms with van der Waals surface area (Å²) in [6, 6.07) is -0.610. The Kier molecular flexibility index (Phi) is 4.25. The molecule has 7 bridgehead atoms. The Bertz CT molecular complexity index is 880. The van der Waals surface area contributed by atoms with E-state index in [0.29, 0.717) is 0 Å².